The topological polar surface area (TPSA) is 82.4 Å². The van der Waals surface area contributed by atoms with Gasteiger partial charge in [-0.1, -0.05) is 19.9 Å². The number of anilines is 1. The number of nitrogens with zero attached hydrogens (tertiary/aromatic N) is 5. The number of carbonyl (C=O) groups is 1. The Morgan fingerprint density at radius 2 is 2.06 bits per heavy atom. The van der Waals surface area contributed by atoms with Gasteiger partial charge < -0.3 is 14.5 Å². The van der Waals surface area contributed by atoms with Gasteiger partial charge in [0.2, 0.25) is 5.91 Å². The largest absolute Gasteiger partial charge is 0.370 e. The third-order valence-corrected chi connectivity index (χ3v) is 7.58. The normalized spacial score (nSPS) is 21.5. The molecule has 2 fully saturated rings. The lowest BCUT2D eigenvalue weighted by molar-refractivity contribution is -0.134. The van der Waals surface area contributed by atoms with Gasteiger partial charge in [0.05, 0.1) is 35.9 Å². The first-order chi connectivity index (χ1) is 16.8. The molecule has 184 valence electrons. The molecule has 2 aromatic rings. The molecule has 1 saturated carbocycles. The number of pyridine rings is 2. The number of fused-ring (bicyclic) bond motifs is 1. The second-order valence-electron chi connectivity index (χ2n) is 11.1. The maximum absolute atomic E-state index is 13.2. The van der Waals surface area contributed by atoms with Crippen LogP contribution in [0.25, 0.3) is 0 Å². The summed E-state index contributed by atoms with van der Waals surface area (Å²) in [6.45, 7) is 11.0. The Morgan fingerprint density at radius 1 is 1.26 bits per heavy atom. The Labute approximate surface area is 208 Å². The summed E-state index contributed by atoms with van der Waals surface area (Å²) in [6.07, 6.45) is 5.06. The molecule has 0 N–H and O–H groups in total. The third kappa shape index (κ3) is 4.77. The smallest absolute Gasteiger partial charge is 0.228 e. The summed E-state index contributed by atoms with van der Waals surface area (Å²) in [5, 5.41) is 10.3. The van der Waals surface area contributed by atoms with Crippen LogP contribution in [0.15, 0.2) is 24.4 Å². The number of piperazine rings is 1. The maximum atomic E-state index is 13.2. The molecule has 1 atom stereocenters. The summed E-state index contributed by atoms with van der Waals surface area (Å²) in [5.74, 6) is 1.66. The summed E-state index contributed by atoms with van der Waals surface area (Å²) in [5.41, 5.74) is 4.57. The molecule has 35 heavy (non-hydrogen) atoms. The van der Waals surface area contributed by atoms with E-state index in [1.165, 1.54) is 0 Å². The minimum absolute atomic E-state index is 0.0495. The van der Waals surface area contributed by atoms with E-state index in [4.69, 9.17) is 9.72 Å². The molecular weight excluding hydrogens is 438 g/mol. The van der Waals surface area contributed by atoms with E-state index < -0.39 is 0 Å². The molecule has 2 aromatic heterocycles. The van der Waals surface area contributed by atoms with Crippen LogP contribution in [0, 0.1) is 17.2 Å². The van der Waals surface area contributed by atoms with E-state index >= 15 is 0 Å². The summed E-state index contributed by atoms with van der Waals surface area (Å²) >= 11 is 0. The molecule has 5 rings (SSSR count). The predicted molar refractivity (Wildman–Crippen MR) is 134 cm³/mol. The van der Waals surface area contributed by atoms with Crippen molar-refractivity contribution in [3.8, 4) is 6.07 Å². The molecule has 7 nitrogen and oxygen atoms in total. The summed E-state index contributed by atoms with van der Waals surface area (Å²) in [7, 11) is 0. The van der Waals surface area contributed by atoms with E-state index in [2.05, 4.69) is 43.6 Å². The van der Waals surface area contributed by atoms with E-state index in [1.54, 1.807) is 6.20 Å². The van der Waals surface area contributed by atoms with Gasteiger partial charge in [-0.3, -0.25) is 9.78 Å². The van der Waals surface area contributed by atoms with Gasteiger partial charge in [0, 0.05) is 49.4 Å². The van der Waals surface area contributed by atoms with E-state index in [1.807, 2.05) is 23.1 Å². The number of hydrogen-bond acceptors (Lipinski definition) is 6. The van der Waals surface area contributed by atoms with Crippen LogP contribution >= 0.6 is 0 Å². The molecule has 0 spiro atoms. The highest BCUT2D eigenvalue weighted by molar-refractivity contribution is 5.79. The lowest BCUT2D eigenvalue weighted by atomic mass is 9.87. The Bertz CT molecular complexity index is 1150. The maximum Gasteiger partial charge on any atom is 0.228 e. The molecule has 0 aromatic carbocycles. The first-order valence-corrected chi connectivity index (χ1v) is 12.8. The molecule has 0 unspecified atom stereocenters. The van der Waals surface area contributed by atoms with Crippen molar-refractivity contribution < 1.29 is 9.53 Å². The van der Waals surface area contributed by atoms with Crippen molar-refractivity contribution in [2.75, 3.05) is 24.5 Å². The Balaban J connectivity index is 1.45. The molecule has 0 radical (unpaired) electrons. The fraction of sp³-hybridized carbons (Fsp3) is 0.571. The molecule has 4 heterocycles. The van der Waals surface area contributed by atoms with Crippen molar-refractivity contribution in [3.05, 3.63) is 52.5 Å². The standard InChI is InChI=1S/C28H35N5O2/c1-18(2)24-16-32(11-12-33(24)25(34)13-20-7-5-6-10-30-20)27-22(15-29)21-14-28(3,4)35-17-23(21)26(31-27)19-8-9-19/h5-7,10,18-19,24H,8-9,11-14,16-17H2,1-4H3/t24-/m0/s1. The molecule has 7 heteroatoms. The van der Waals surface area contributed by atoms with Crippen molar-refractivity contribution in [1.82, 2.24) is 14.9 Å². The van der Waals surface area contributed by atoms with E-state index in [0.717, 1.165) is 47.6 Å². The first kappa shape index (κ1) is 23.7. The van der Waals surface area contributed by atoms with Crippen LogP contribution in [0.1, 0.15) is 74.5 Å². The van der Waals surface area contributed by atoms with Gasteiger partial charge in [-0.25, -0.2) is 4.98 Å². The molecule has 1 saturated heterocycles. The van der Waals surface area contributed by atoms with Gasteiger partial charge in [0.15, 0.2) is 0 Å². The average Bonchev–Trinajstić information content (AvgIpc) is 3.68. The van der Waals surface area contributed by atoms with Crippen molar-refractivity contribution in [3.63, 3.8) is 0 Å². The molecule has 3 aliphatic rings. The molecule has 1 amide bonds. The lowest BCUT2D eigenvalue weighted by Crippen LogP contribution is -2.58. The number of ether oxygens (including phenoxy) is 1. The van der Waals surface area contributed by atoms with Crippen LogP contribution in [-0.2, 0) is 29.0 Å². The van der Waals surface area contributed by atoms with Crippen molar-refractivity contribution >= 4 is 11.7 Å². The van der Waals surface area contributed by atoms with E-state index in [9.17, 15) is 10.1 Å². The number of aromatic nitrogens is 2. The van der Waals surface area contributed by atoms with Gasteiger partial charge in [-0.15, -0.1) is 0 Å². The number of carbonyl (C=O) groups excluding carboxylic acids is 1. The van der Waals surface area contributed by atoms with Gasteiger partial charge >= 0.3 is 0 Å². The molecular formula is C28H35N5O2. The lowest BCUT2D eigenvalue weighted by Gasteiger charge is -2.44. The zero-order chi connectivity index (χ0) is 24.7. The predicted octanol–water partition coefficient (Wildman–Crippen LogP) is 3.99. The minimum atomic E-state index is -0.297. The second kappa shape index (κ2) is 9.23. The second-order valence-corrected chi connectivity index (χ2v) is 11.1. The van der Waals surface area contributed by atoms with Gasteiger partial charge in [-0.2, -0.15) is 5.26 Å². The van der Waals surface area contributed by atoms with Gasteiger partial charge in [-0.05, 0) is 50.3 Å². The molecule has 1 aliphatic carbocycles. The average molecular weight is 474 g/mol. The summed E-state index contributed by atoms with van der Waals surface area (Å²) in [4.78, 5) is 27.0. The highest BCUT2D eigenvalue weighted by Crippen LogP contribution is 2.46. The number of amides is 1. The zero-order valence-corrected chi connectivity index (χ0v) is 21.3. The first-order valence-electron chi connectivity index (χ1n) is 12.8. The highest BCUT2D eigenvalue weighted by Gasteiger charge is 2.39. The van der Waals surface area contributed by atoms with Crippen LogP contribution in [0.2, 0.25) is 0 Å². The molecule has 0 bridgehead atoms. The van der Waals surface area contributed by atoms with E-state index in [-0.39, 0.29) is 23.5 Å². The fourth-order valence-electron chi connectivity index (χ4n) is 5.46. The fourth-order valence-corrected chi connectivity index (χ4v) is 5.46. The van der Waals surface area contributed by atoms with Crippen molar-refractivity contribution in [2.45, 2.75) is 77.5 Å². The Hall–Kier alpha value is -2.98. The van der Waals surface area contributed by atoms with Crippen LogP contribution in [0.4, 0.5) is 5.82 Å². The Morgan fingerprint density at radius 3 is 2.71 bits per heavy atom. The number of rotatable bonds is 5. The minimum Gasteiger partial charge on any atom is -0.370 e. The monoisotopic (exact) mass is 473 g/mol. The van der Waals surface area contributed by atoms with Gasteiger partial charge in [0.1, 0.15) is 11.9 Å². The van der Waals surface area contributed by atoms with Gasteiger partial charge in [0.25, 0.3) is 0 Å². The van der Waals surface area contributed by atoms with Crippen LogP contribution in [0.3, 0.4) is 0 Å². The SMILES string of the molecule is CC(C)[C@@H]1CN(c2nc(C3CC3)c3c(c2C#N)CC(C)(C)OC3)CCN1C(=O)Cc1ccccn1. The number of hydrogen-bond donors (Lipinski definition) is 0. The quantitative estimate of drug-likeness (QED) is 0.653. The van der Waals surface area contributed by atoms with Crippen molar-refractivity contribution in [2.24, 2.45) is 5.92 Å². The van der Waals surface area contributed by atoms with Crippen LogP contribution < -0.4 is 4.90 Å². The highest BCUT2D eigenvalue weighted by atomic mass is 16.5. The van der Waals surface area contributed by atoms with Crippen LogP contribution in [0.5, 0.6) is 0 Å². The third-order valence-electron chi connectivity index (χ3n) is 7.58. The molecule has 2 aliphatic heterocycles. The van der Waals surface area contributed by atoms with Crippen molar-refractivity contribution in [1.29, 1.82) is 5.26 Å². The zero-order valence-electron chi connectivity index (χ0n) is 21.3. The summed E-state index contributed by atoms with van der Waals surface area (Å²) < 4.78 is 6.12. The van der Waals surface area contributed by atoms with E-state index in [0.29, 0.717) is 44.1 Å². The summed E-state index contributed by atoms with van der Waals surface area (Å²) in [6, 6.07) is 8.24. The Kier molecular flexibility index (Phi) is 6.27. The number of nitriles is 1. The van der Waals surface area contributed by atoms with Crippen LogP contribution in [-0.4, -0.2) is 52.1 Å².